The summed E-state index contributed by atoms with van der Waals surface area (Å²) in [5.74, 6) is 0. The van der Waals surface area contributed by atoms with E-state index in [0.29, 0.717) is 6.61 Å². The predicted octanol–water partition coefficient (Wildman–Crippen LogP) is 3.13. The molecule has 0 fully saturated rings. The topological polar surface area (TPSA) is 38.7 Å². The molecule has 0 saturated heterocycles. The van der Waals surface area contributed by atoms with E-state index in [2.05, 4.69) is 75.9 Å². The van der Waals surface area contributed by atoms with Crippen molar-refractivity contribution < 1.29 is 14.3 Å². The molecule has 26 heavy (non-hydrogen) atoms. The van der Waals surface area contributed by atoms with Crippen LogP contribution in [0.3, 0.4) is 0 Å². The molecule has 1 N–H and O–H groups in total. The second-order valence-electron chi connectivity index (χ2n) is 7.45. The number of aliphatic hydroxyl groups is 1. The normalized spacial score (nSPS) is 13.4. The van der Waals surface area contributed by atoms with Gasteiger partial charge in [0.05, 0.1) is 25.9 Å². The minimum absolute atomic E-state index is 0.0998. The van der Waals surface area contributed by atoms with Gasteiger partial charge < -0.3 is 14.3 Å². The molecule has 0 radical (unpaired) electrons. The quantitative estimate of drug-likeness (QED) is 0.419. The first-order valence-electron chi connectivity index (χ1n) is 9.03. The first-order valence-corrected chi connectivity index (χ1v) is 10.9. The van der Waals surface area contributed by atoms with E-state index in [1.807, 2.05) is 12.1 Å². The van der Waals surface area contributed by atoms with Crippen LogP contribution in [0.25, 0.3) is 0 Å². The third kappa shape index (κ3) is 4.71. The number of benzene rings is 2. The number of hydrogen-bond acceptors (Lipinski definition) is 3. The van der Waals surface area contributed by atoms with Gasteiger partial charge in [0.1, 0.15) is 0 Å². The molecular formula is C22H30O3Si. The van der Waals surface area contributed by atoms with Crippen molar-refractivity contribution in [2.24, 2.45) is 0 Å². The van der Waals surface area contributed by atoms with Crippen molar-refractivity contribution in [3.8, 4) is 0 Å². The van der Waals surface area contributed by atoms with Crippen LogP contribution in [0.15, 0.2) is 73.3 Å². The van der Waals surface area contributed by atoms with Gasteiger partial charge in [-0.3, -0.25) is 0 Å². The highest BCUT2D eigenvalue weighted by atomic mass is 28.4. The molecule has 0 heterocycles. The van der Waals surface area contributed by atoms with E-state index in [-0.39, 0.29) is 18.3 Å². The average molecular weight is 371 g/mol. The summed E-state index contributed by atoms with van der Waals surface area (Å²) in [6.07, 6.45) is 1.01. The fourth-order valence-electron chi connectivity index (χ4n) is 3.32. The lowest BCUT2D eigenvalue weighted by Gasteiger charge is -2.43. The molecule has 0 amide bonds. The van der Waals surface area contributed by atoms with Crippen LogP contribution in [0, 0.1) is 0 Å². The van der Waals surface area contributed by atoms with E-state index < -0.39 is 14.4 Å². The van der Waals surface area contributed by atoms with Crippen LogP contribution in [0.5, 0.6) is 0 Å². The summed E-state index contributed by atoms with van der Waals surface area (Å²) in [5, 5.41) is 12.6. The third-order valence-corrected chi connectivity index (χ3v) is 9.46. The molecule has 0 unspecified atom stereocenters. The first kappa shape index (κ1) is 20.6. The summed E-state index contributed by atoms with van der Waals surface area (Å²) >= 11 is 0. The van der Waals surface area contributed by atoms with Crippen molar-refractivity contribution in [1.82, 2.24) is 0 Å². The molecule has 0 aromatic heterocycles. The molecule has 0 aliphatic heterocycles. The van der Waals surface area contributed by atoms with Gasteiger partial charge in [0.2, 0.25) is 0 Å². The fraction of sp³-hybridized carbons (Fsp3) is 0.364. The highest BCUT2D eigenvalue weighted by Crippen LogP contribution is 2.36. The number of hydrogen-bond donors (Lipinski definition) is 1. The largest absolute Gasteiger partial charge is 0.405 e. The first-order chi connectivity index (χ1) is 12.4. The molecule has 4 heteroatoms. The Bertz CT molecular complexity index is 625. The number of ether oxygens (including phenoxy) is 1. The molecule has 0 saturated carbocycles. The van der Waals surface area contributed by atoms with Gasteiger partial charge >= 0.3 is 0 Å². The zero-order valence-corrected chi connectivity index (χ0v) is 17.0. The van der Waals surface area contributed by atoms with E-state index >= 15 is 0 Å². The molecule has 3 nitrogen and oxygen atoms in total. The molecule has 0 aliphatic rings. The van der Waals surface area contributed by atoms with Crippen molar-refractivity contribution in [3.63, 3.8) is 0 Å². The van der Waals surface area contributed by atoms with Crippen LogP contribution in [0.2, 0.25) is 5.04 Å². The molecule has 2 aromatic carbocycles. The van der Waals surface area contributed by atoms with Crippen LogP contribution >= 0.6 is 0 Å². The van der Waals surface area contributed by atoms with Crippen LogP contribution < -0.4 is 10.4 Å². The molecule has 0 spiro atoms. The Morgan fingerprint density at radius 2 is 1.46 bits per heavy atom. The number of aliphatic hydroxyl groups excluding tert-OH is 1. The summed E-state index contributed by atoms with van der Waals surface area (Å²) in [4.78, 5) is 0. The second-order valence-corrected chi connectivity index (χ2v) is 11.8. The molecule has 2 aromatic rings. The Kier molecular flexibility index (Phi) is 7.35. The van der Waals surface area contributed by atoms with E-state index in [4.69, 9.17) is 9.16 Å². The summed E-state index contributed by atoms with van der Waals surface area (Å²) in [7, 11) is -2.60. The van der Waals surface area contributed by atoms with Crippen LogP contribution in [0.1, 0.15) is 20.8 Å². The maximum atomic E-state index is 10.3. The maximum Gasteiger partial charge on any atom is 0.261 e. The Balaban J connectivity index is 2.39. The Labute approximate surface area is 158 Å². The van der Waals surface area contributed by atoms with Gasteiger partial charge in [-0.1, -0.05) is 87.5 Å². The van der Waals surface area contributed by atoms with Gasteiger partial charge in [0.25, 0.3) is 8.32 Å². The number of rotatable bonds is 9. The standard InChI is InChI=1S/C22H30O3Si/c1-5-16-24-17-19(23)18-25-26(22(2,3)4,20-12-8-6-9-13-20)21-14-10-7-11-15-21/h5-15,19,23H,1,16-18H2,2-4H3/t19-/m1/s1. The van der Waals surface area contributed by atoms with Crippen LogP contribution in [-0.4, -0.2) is 39.3 Å². The minimum Gasteiger partial charge on any atom is -0.405 e. The highest BCUT2D eigenvalue weighted by Gasteiger charge is 2.50. The summed E-state index contributed by atoms with van der Waals surface area (Å²) in [6.45, 7) is 11.2. The van der Waals surface area contributed by atoms with E-state index in [0.717, 1.165) is 0 Å². The van der Waals surface area contributed by atoms with Gasteiger partial charge in [-0.25, -0.2) is 0 Å². The molecule has 140 valence electrons. The third-order valence-electron chi connectivity index (χ3n) is 4.45. The SMILES string of the molecule is C=CCOC[C@@H](O)CO[Si](c1ccccc1)(c1ccccc1)C(C)(C)C. The zero-order chi connectivity index (χ0) is 19.0. The van der Waals surface area contributed by atoms with Crippen molar-refractivity contribution in [3.05, 3.63) is 73.3 Å². The minimum atomic E-state index is -2.60. The molecule has 0 bridgehead atoms. The Hall–Kier alpha value is -1.72. The second kappa shape index (κ2) is 9.28. The van der Waals surface area contributed by atoms with Crippen molar-refractivity contribution in [2.75, 3.05) is 19.8 Å². The lowest BCUT2D eigenvalue weighted by Crippen LogP contribution is -2.67. The average Bonchev–Trinajstić information content (AvgIpc) is 2.63. The van der Waals surface area contributed by atoms with Crippen LogP contribution in [-0.2, 0) is 9.16 Å². The molecule has 0 aliphatic carbocycles. The Morgan fingerprint density at radius 1 is 0.962 bits per heavy atom. The van der Waals surface area contributed by atoms with Gasteiger partial charge in [0.15, 0.2) is 0 Å². The fourth-order valence-corrected chi connectivity index (χ4v) is 7.92. The smallest absolute Gasteiger partial charge is 0.261 e. The Morgan fingerprint density at radius 3 is 1.88 bits per heavy atom. The zero-order valence-electron chi connectivity index (χ0n) is 16.0. The van der Waals surface area contributed by atoms with Crippen molar-refractivity contribution >= 4 is 18.7 Å². The summed E-state index contributed by atoms with van der Waals surface area (Å²) in [6, 6.07) is 20.8. The summed E-state index contributed by atoms with van der Waals surface area (Å²) in [5.41, 5.74) is 0. The van der Waals surface area contributed by atoms with E-state index in [9.17, 15) is 5.11 Å². The van der Waals surface area contributed by atoms with Gasteiger partial charge in [-0.05, 0) is 15.4 Å². The molecule has 1 atom stereocenters. The van der Waals surface area contributed by atoms with Gasteiger partial charge in [-0.2, -0.15) is 0 Å². The lowest BCUT2D eigenvalue weighted by molar-refractivity contribution is 0.0190. The van der Waals surface area contributed by atoms with Crippen molar-refractivity contribution in [2.45, 2.75) is 31.9 Å². The molecular weight excluding hydrogens is 340 g/mol. The monoisotopic (exact) mass is 370 g/mol. The predicted molar refractivity (Wildman–Crippen MR) is 111 cm³/mol. The van der Waals surface area contributed by atoms with Crippen molar-refractivity contribution in [1.29, 1.82) is 0 Å². The molecule has 2 rings (SSSR count). The maximum absolute atomic E-state index is 10.3. The lowest BCUT2D eigenvalue weighted by atomic mass is 10.2. The van der Waals surface area contributed by atoms with Crippen LogP contribution in [0.4, 0.5) is 0 Å². The summed E-state index contributed by atoms with van der Waals surface area (Å²) < 4.78 is 12.0. The van der Waals surface area contributed by atoms with Gasteiger partial charge in [0, 0.05) is 0 Å². The highest BCUT2D eigenvalue weighted by molar-refractivity contribution is 6.99. The van der Waals surface area contributed by atoms with E-state index in [1.165, 1.54) is 10.4 Å². The van der Waals surface area contributed by atoms with Gasteiger partial charge in [-0.15, -0.1) is 6.58 Å². The van der Waals surface area contributed by atoms with E-state index in [1.54, 1.807) is 6.08 Å².